The molecule has 6 nitrogen and oxygen atoms in total. The number of nitrogens with one attached hydrogen (secondary N) is 2. The van der Waals surface area contributed by atoms with E-state index in [9.17, 15) is 0 Å². The summed E-state index contributed by atoms with van der Waals surface area (Å²) < 4.78 is 5.57. The van der Waals surface area contributed by atoms with Crippen LogP contribution in [0.5, 0.6) is 0 Å². The molecule has 1 aliphatic heterocycles. The number of hydrogen-bond acceptors (Lipinski definition) is 5. The minimum Gasteiger partial charge on any atom is -0.444 e. The fourth-order valence-corrected chi connectivity index (χ4v) is 3.71. The number of aliphatic imine (C=N–C) groups is 1. The zero-order valence-corrected chi connectivity index (χ0v) is 18.1. The lowest BCUT2D eigenvalue weighted by atomic mass is 10.1. The van der Waals surface area contributed by atoms with Crippen LogP contribution in [0.4, 0.5) is 0 Å². The molecule has 2 N–H and O–H groups in total. The van der Waals surface area contributed by atoms with Gasteiger partial charge in [-0.3, -0.25) is 9.89 Å². The standard InChI is InChI=1S/C17H25N5OS.HI/c1-12-13(2)23-16(21-12)10-20-17(18-3)19-6-8-22-7-4-15-14(11-22)5-9-24-15;/h5,9H,4,6-8,10-11H2,1-3H3,(H2,18,19,20);1H. The van der Waals surface area contributed by atoms with Crippen LogP contribution in [0.3, 0.4) is 0 Å². The van der Waals surface area contributed by atoms with Gasteiger partial charge in [-0.25, -0.2) is 4.98 Å². The second-order valence-corrected chi connectivity index (χ2v) is 7.00. The van der Waals surface area contributed by atoms with Crippen LogP contribution in [0, 0.1) is 13.8 Å². The van der Waals surface area contributed by atoms with Gasteiger partial charge >= 0.3 is 0 Å². The summed E-state index contributed by atoms with van der Waals surface area (Å²) in [5.41, 5.74) is 2.43. The largest absolute Gasteiger partial charge is 0.444 e. The minimum atomic E-state index is 0. The molecule has 0 saturated carbocycles. The molecule has 0 spiro atoms. The highest BCUT2D eigenvalue weighted by Gasteiger charge is 2.16. The van der Waals surface area contributed by atoms with Gasteiger partial charge in [-0.15, -0.1) is 35.3 Å². The molecule has 0 aliphatic carbocycles. The number of aromatic nitrogens is 1. The van der Waals surface area contributed by atoms with E-state index in [1.807, 2.05) is 25.2 Å². The number of fused-ring (bicyclic) bond motifs is 1. The number of oxazole rings is 1. The quantitative estimate of drug-likeness (QED) is 0.396. The topological polar surface area (TPSA) is 65.7 Å². The van der Waals surface area contributed by atoms with Crippen molar-refractivity contribution < 1.29 is 4.42 Å². The van der Waals surface area contributed by atoms with Crippen molar-refractivity contribution in [1.82, 2.24) is 20.5 Å². The van der Waals surface area contributed by atoms with E-state index in [0.717, 1.165) is 43.6 Å². The van der Waals surface area contributed by atoms with Crippen LogP contribution in [-0.4, -0.2) is 42.5 Å². The SMILES string of the molecule is CN=C(NCCN1CCc2sccc2C1)NCc1nc(C)c(C)o1.I. The Kier molecular flexibility index (Phi) is 7.70. The van der Waals surface area contributed by atoms with Gasteiger partial charge in [0, 0.05) is 38.1 Å². The first kappa shape index (κ1) is 20.2. The van der Waals surface area contributed by atoms with Crippen LogP contribution in [0.15, 0.2) is 20.9 Å². The molecule has 0 radical (unpaired) electrons. The molecule has 25 heavy (non-hydrogen) atoms. The highest BCUT2D eigenvalue weighted by Crippen LogP contribution is 2.23. The van der Waals surface area contributed by atoms with Crippen molar-refractivity contribution in [2.75, 3.05) is 26.7 Å². The van der Waals surface area contributed by atoms with Crippen LogP contribution >= 0.6 is 35.3 Å². The van der Waals surface area contributed by atoms with Crippen molar-refractivity contribution in [3.8, 4) is 0 Å². The van der Waals surface area contributed by atoms with Crippen LogP contribution in [0.2, 0.25) is 0 Å². The molecule has 0 atom stereocenters. The number of nitrogens with zero attached hydrogens (tertiary/aromatic N) is 3. The van der Waals surface area contributed by atoms with Gasteiger partial charge in [0.05, 0.1) is 12.2 Å². The van der Waals surface area contributed by atoms with Gasteiger partial charge < -0.3 is 15.1 Å². The Bertz CT molecular complexity index is 692. The van der Waals surface area contributed by atoms with Gasteiger partial charge in [-0.05, 0) is 37.3 Å². The second kappa shape index (κ2) is 9.54. The third kappa shape index (κ3) is 5.42. The fourth-order valence-electron chi connectivity index (χ4n) is 2.82. The zero-order valence-electron chi connectivity index (χ0n) is 15.0. The highest BCUT2D eigenvalue weighted by molar-refractivity contribution is 14.0. The van der Waals surface area contributed by atoms with Crippen molar-refractivity contribution in [3.05, 3.63) is 39.2 Å². The molecular weight excluding hydrogens is 449 g/mol. The van der Waals surface area contributed by atoms with Gasteiger partial charge in [0.2, 0.25) is 5.89 Å². The van der Waals surface area contributed by atoms with E-state index in [1.54, 1.807) is 11.9 Å². The summed E-state index contributed by atoms with van der Waals surface area (Å²) in [6.07, 6.45) is 1.17. The third-order valence-corrected chi connectivity index (χ3v) is 5.33. The minimum absolute atomic E-state index is 0. The number of aryl methyl sites for hydroxylation is 2. The van der Waals surface area contributed by atoms with E-state index in [0.29, 0.717) is 12.4 Å². The third-order valence-electron chi connectivity index (χ3n) is 4.31. The van der Waals surface area contributed by atoms with Crippen molar-refractivity contribution in [2.24, 2.45) is 4.99 Å². The first-order valence-corrected chi connectivity index (χ1v) is 9.18. The van der Waals surface area contributed by atoms with Crippen molar-refractivity contribution in [1.29, 1.82) is 0 Å². The number of thiophene rings is 1. The number of rotatable bonds is 5. The molecule has 0 fully saturated rings. The van der Waals surface area contributed by atoms with Gasteiger partial charge in [0.25, 0.3) is 0 Å². The molecule has 138 valence electrons. The van der Waals surface area contributed by atoms with E-state index >= 15 is 0 Å². The Morgan fingerprint density at radius 3 is 2.96 bits per heavy atom. The first-order valence-electron chi connectivity index (χ1n) is 8.30. The van der Waals surface area contributed by atoms with E-state index in [2.05, 4.69) is 37.0 Å². The van der Waals surface area contributed by atoms with Gasteiger partial charge in [-0.1, -0.05) is 0 Å². The Labute approximate surface area is 170 Å². The summed E-state index contributed by atoms with van der Waals surface area (Å²) in [7, 11) is 1.78. The van der Waals surface area contributed by atoms with E-state index < -0.39 is 0 Å². The number of hydrogen-bond donors (Lipinski definition) is 2. The average molecular weight is 475 g/mol. The molecule has 0 saturated heterocycles. The van der Waals surface area contributed by atoms with E-state index in [4.69, 9.17) is 4.42 Å². The predicted octanol–water partition coefficient (Wildman–Crippen LogP) is 2.69. The van der Waals surface area contributed by atoms with Crippen molar-refractivity contribution >= 4 is 41.3 Å². The summed E-state index contributed by atoms with van der Waals surface area (Å²) in [6.45, 7) is 8.48. The van der Waals surface area contributed by atoms with Gasteiger partial charge in [0.1, 0.15) is 5.76 Å². The number of halogens is 1. The lowest BCUT2D eigenvalue weighted by Gasteiger charge is -2.27. The maximum absolute atomic E-state index is 5.57. The summed E-state index contributed by atoms with van der Waals surface area (Å²) >= 11 is 1.88. The maximum Gasteiger partial charge on any atom is 0.214 e. The maximum atomic E-state index is 5.57. The molecule has 8 heteroatoms. The zero-order chi connectivity index (χ0) is 16.9. The Balaban J connectivity index is 0.00000225. The molecule has 1 aliphatic rings. The monoisotopic (exact) mass is 475 g/mol. The molecule has 0 amide bonds. The first-order chi connectivity index (χ1) is 11.7. The van der Waals surface area contributed by atoms with Gasteiger partial charge in [-0.2, -0.15) is 0 Å². The summed E-state index contributed by atoms with van der Waals surface area (Å²) in [5, 5.41) is 8.80. The predicted molar refractivity (Wildman–Crippen MR) is 113 cm³/mol. The molecule has 2 aromatic heterocycles. The molecule has 0 aromatic carbocycles. The Morgan fingerprint density at radius 2 is 2.24 bits per heavy atom. The fraction of sp³-hybridized carbons (Fsp3) is 0.529. The van der Waals surface area contributed by atoms with Crippen LogP contribution in [-0.2, 0) is 19.5 Å². The summed E-state index contributed by atoms with van der Waals surface area (Å²) in [5.74, 6) is 2.33. The van der Waals surface area contributed by atoms with Crippen molar-refractivity contribution in [2.45, 2.75) is 33.4 Å². The molecule has 3 heterocycles. The molecule has 0 bridgehead atoms. The van der Waals surface area contributed by atoms with Crippen LogP contribution < -0.4 is 10.6 Å². The van der Waals surface area contributed by atoms with Gasteiger partial charge in [0.15, 0.2) is 5.96 Å². The number of guanidine groups is 1. The van der Waals surface area contributed by atoms with E-state index in [1.165, 1.54) is 12.0 Å². The molecular formula is C17H26IN5OS. The summed E-state index contributed by atoms with van der Waals surface area (Å²) in [4.78, 5) is 12.6. The lowest BCUT2D eigenvalue weighted by Crippen LogP contribution is -2.42. The molecule has 2 aromatic rings. The van der Waals surface area contributed by atoms with Crippen LogP contribution in [0.25, 0.3) is 0 Å². The van der Waals surface area contributed by atoms with E-state index in [-0.39, 0.29) is 24.0 Å². The summed E-state index contributed by atoms with van der Waals surface area (Å²) in [6, 6.07) is 2.25. The molecule has 3 rings (SSSR count). The lowest BCUT2D eigenvalue weighted by molar-refractivity contribution is 0.260. The highest BCUT2D eigenvalue weighted by atomic mass is 127. The second-order valence-electron chi connectivity index (χ2n) is 6.00. The Morgan fingerprint density at radius 1 is 1.40 bits per heavy atom. The molecule has 0 unspecified atom stereocenters. The smallest absolute Gasteiger partial charge is 0.214 e. The average Bonchev–Trinajstić information content (AvgIpc) is 3.17. The van der Waals surface area contributed by atoms with Crippen LogP contribution in [0.1, 0.15) is 27.8 Å². The Hall–Kier alpha value is -1.13. The van der Waals surface area contributed by atoms with Crippen molar-refractivity contribution in [3.63, 3.8) is 0 Å². The normalized spacial score (nSPS) is 14.8.